The van der Waals surface area contributed by atoms with Crippen LogP contribution in [-0.4, -0.2) is 41.9 Å². The van der Waals surface area contributed by atoms with E-state index in [1.54, 1.807) is 12.1 Å². The van der Waals surface area contributed by atoms with Gasteiger partial charge < -0.3 is 9.64 Å². The zero-order valence-corrected chi connectivity index (χ0v) is 17.9. The number of carbonyl (C=O) groups excluding carboxylic acids is 1. The van der Waals surface area contributed by atoms with Crippen LogP contribution in [-0.2, 0) is 13.2 Å². The van der Waals surface area contributed by atoms with Gasteiger partial charge in [-0.3, -0.25) is 9.69 Å². The van der Waals surface area contributed by atoms with E-state index >= 15 is 0 Å². The number of rotatable bonds is 6. The first-order valence-electron chi connectivity index (χ1n) is 10.3. The number of nitrogens with zero attached hydrogens (tertiary/aromatic N) is 2. The molecule has 1 aliphatic rings. The normalized spacial score (nSPS) is 14.5. The average molecular weight is 439 g/mol. The minimum atomic E-state index is -0.221. The van der Waals surface area contributed by atoms with Crippen molar-refractivity contribution in [3.8, 4) is 5.75 Å². The minimum Gasteiger partial charge on any atom is -0.489 e. The molecule has 0 aromatic heterocycles. The van der Waals surface area contributed by atoms with Gasteiger partial charge in [-0.1, -0.05) is 35.9 Å². The third kappa shape index (κ3) is 5.84. The molecule has 6 heteroatoms. The van der Waals surface area contributed by atoms with E-state index in [9.17, 15) is 9.18 Å². The van der Waals surface area contributed by atoms with Gasteiger partial charge in [0.25, 0.3) is 5.91 Å². The predicted molar refractivity (Wildman–Crippen MR) is 120 cm³/mol. The summed E-state index contributed by atoms with van der Waals surface area (Å²) >= 11 is 5.88. The smallest absolute Gasteiger partial charge is 0.253 e. The highest BCUT2D eigenvalue weighted by molar-refractivity contribution is 6.30. The number of hydrogen-bond acceptors (Lipinski definition) is 3. The van der Waals surface area contributed by atoms with E-state index in [1.165, 1.54) is 12.1 Å². The first kappa shape index (κ1) is 21.3. The number of carbonyl (C=O) groups is 1. The lowest BCUT2D eigenvalue weighted by atomic mass is 10.1. The molecule has 1 heterocycles. The standard InChI is InChI=1S/C25H24ClFN2O2/c26-22-7-11-24(12-8-22)31-18-20-1-5-21(6-2-20)25(30)29-15-13-28(14-16-29)17-19-3-9-23(27)10-4-19/h1-12H,13-18H2. The van der Waals surface area contributed by atoms with Crippen LogP contribution >= 0.6 is 11.6 Å². The van der Waals surface area contributed by atoms with E-state index in [4.69, 9.17) is 16.3 Å². The second kappa shape index (κ2) is 9.94. The number of ether oxygens (including phenoxy) is 1. The molecule has 1 fully saturated rings. The summed E-state index contributed by atoms with van der Waals surface area (Å²) in [6.45, 7) is 4.16. The highest BCUT2D eigenvalue weighted by Crippen LogP contribution is 2.18. The van der Waals surface area contributed by atoms with Crippen LogP contribution in [0, 0.1) is 5.82 Å². The van der Waals surface area contributed by atoms with Crippen molar-refractivity contribution in [1.29, 1.82) is 0 Å². The fourth-order valence-electron chi connectivity index (χ4n) is 3.58. The third-order valence-corrected chi connectivity index (χ3v) is 5.65. The van der Waals surface area contributed by atoms with Crippen molar-refractivity contribution >= 4 is 17.5 Å². The molecule has 0 unspecified atom stereocenters. The lowest BCUT2D eigenvalue weighted by molar-refractivity contribution is 0.0628. The van der Waals surface area contributed by atoms with E-state index in [2.05, 4.69) is 4.90 Å². The molecule has 0 bridgehead atoms. The van der Waals surface area contributed by atoms with Gasteiger partial charge in [-0.15, -0.1) is 0 Å². The van der Waals surface area contributed by atoms with E-state index in [0.717, 1.165) is 36.5 Å². The zero-order chi connectivity index (χ0) is 21.6. The molecule has 31 heavy (non-hydrogen) atoms. The van der Waals surface area contributed by atoms with Crippen molar-refractivity contribution in [2.24, 2.45) is 0 Å². The van der Waals surface area contributed by atoms with Crippen LogP contribution in [0.4, 0.5) is 4.39 Å². The Morgan fingerprint density at radius 3 is 2.10 bits per heavy atom. The molecule has 0 N–H and O–H groups in total. The summed E-state index contributed by atoms with van der Waals surface area (Å²) in [6, 6.07) is 21.4. The Bertz CT molecular complexity index is 999. The molecule has 1 saturated heterocycles. The fourth-order valence-corrected chi connectivity index (χ4v) is 3.71. The van der Waals surface area contributed by atoms with E-state index < -0.39 is 0 Å². The van der Waals surface area contributed by atoms with Crippen molar-refractivity contribution < 1.29 is 13.9 Å². The van der Waals surface area contributed by atoms with Gasteiger partial charge in [0.15, 0.2) is 0 Å². The Balaban J connectivity index is 1.26. The van der Waals surface area contributed by atoms with Gasteiger partial charge >= 0.3 is 0 Å². The largest absolute Gasteiger partial charge is 0.489 e. The average Bonchev–Trinajstić information content (AvgIpc) is 2.81. The predicted octanol–water partition coefficient (Wildman–Crippen LogP) is 5.02. The first-order chi connectivity index (χ1) is 15.1. The Kier molecular flexibility index (Phi) is 6.85. The minimum absolute atomic E-state index is 0.0478. The molecule has 4 rings (SSSR count). The van der Waals surface area contributed by atoms with Crippen molar-refractivity contribution in [1.82, 2.24) is 9.80 Å². The molecule has 0 spiro atoms. The lowest BCUT2D eigenvalue weighted by Gasteiger charge is -2.34. The SMILES string of the molecule is O=C(c1ccc(COc2ccc(Cl)cc2)cc1)N1CCN(Cc2ccc(F)cc2)CC1. The summed E-state index contributed by atoms with van der Waals surface area (Å²) in [4.78, 5) is 17.0. The number of piperazine rings is 1. The van der Waals surface area contributed by atoms with Crippen LogP contribution in [0.3, 0.4) is 0 Å². The Labute approximate surface area is 186 Å². The van der Waals surface area contributed by atoms with Gasteiger partial charge in [-0.05, 0) is 59.7 Å². The van der Waals surface area contributed by atoms with Gasteiger partial charge in [-0.2, -0.15) is 0 Å². The fraction of sp³-hybridized carbons (Fsp3) is 0.240. The topological polar surface area (TPSA) is 32.8 Å². The van der Waals surface area contributed by atoms with Crippen LogP contribution in [0.2, 0.25) is 5.02 Å². The van der Waals surface area contributed by atoms with Crippen LogP contribution < -0.4 is 4.74 Å². The summed E-state index contributed by atoms with van der Waals surface area (Å²) < 4.78 is 18.8. The third-order valence-electron chi connectivity index (χ3n) is 5.40. The van der Waals surface area contributed by atoms with E-state index in [1.807, 2.05) is 53.4 Å². The maximum Gasteiger partial charge on any atom is 0.253 e. The lowest BCUT2D eigenvalue weighted by Crippen LogP contribution is -2.48. The van der Waals surface area contributed by atoms with Crippen LogP contribution in [0.15, 0.2) is 72.8 Å². The molecule has 0 radical (unpaired) electrons. The summed E-state index contributed by atoms with van der Waals surface area (Å²) in [5.41, 5.74) is 2.76. The maximum absolute atomic E-state index is 13.1. The monoisotopic (exact) mass is 438 g/mol. The molecule has 4 nitrogen and oxygen atoms in total. The van der Waals surface area contributed by atoms with E-state index in [-0.39, 0.29) is 11.7 Å². The molecule has 0 aliphatic carbocycles. The van der Waals surface area contributed by atoms with Crippen molar-refractivity contribution in [3.05, 3.63) is 100 Å². The number of benzene rings is 3. The van der Waals surface area contributed by atoms with Gasteiger partial charge in [0, 0.05) is 43.3 Å². The first-order valence-corrected chi connectivity index (χ1v) is 10.7. The molecular weight excluding hydrogens is 415 g/mol. The number of amides is 1. The molecular formula is C25H24ClFN2O2. The van der Waals surface area contributed by atoms with Crippen molar-refractivity contribution in [2.75, 3.05) is 26.2 Å². The van der Waals surface area contributed by atoms with Crippen LogP contribution in [0.1, 0.15) is 21.5 Å². The Hall–Kier alpha value is -2.89. The van der Waals surface area contributed by atoms with Gasteiger partial charge in [0.2, 0.25) is 0 Å². The van der Waals surface area contributed by atoms with Gasteiger partial charge in [-0.25, -0.2) is 4.39 Å². The molecule has 1 amide bonds. The van der Waals surface area contributed by atoms with Gasteiger partial charge in [0.1, 0.15) is 18.2 Å². The molecule has 3 aromatic rings. The summed E-state index contributed by atoms with van der Waals surface area (Å²) in [5, 5.41) is 0.673. The maximum atomic E-state index is 13.1. The Morgan fingerprint density at radius 1 is 0.839 bits per heavy atom. The molecule has 0 atom stereocenters. The van der Waals surface area contributed by atoms with Gasteiger partial charge in [0.05, 0.1) is 0 Å². The van der Waals surface area contributed by atoms with Crippen LogP contribution in [0.25, 0.3) is 0 Å². The highest BCUT2D eigenvalue weighted by Gasteiger charge is 2.22. The molecule has 0 saturated carbocycles. The van der Waals surface area contributed by atoms with E-state index in [0.29, 0.717) is 30.3 Å². The Morgan fingerprint density at radius 2 is 1.45 bits per heavy atom. The number of halogens is 2. The number of hydrogen-bond donors (Lipinski definition) is 0. The molecule has 1 aliphatic heterocycles. The van der Waals surface area contributed by atoms with Crippen LogP contribution in [0.5, 0.6) is 5.75 Å². The molecule has 160 valence electrons. The highest BCUT2D eigenvalue weighted by atomic mass is 35.5. The summed E-state index contributed by atoms with van der Waals surface area (Å²) in [7, 11) is 0. The summed E-state index contributed by atoms with van der Waals surface area (Å²) in [5.74, 6) is 0.580. The van der Waals surface area contributed by atoms with Crippen molar-refractivity contribution in [3.63, 3.8) is 0 Å². The molecule has 3 aromatic carbocycles. The quantitative estimate of drug-likeness (QED) is 0.542. The van der Waals surface area contributed by atoms with Crippen molar-refractivity contribution in [2.45, 2.75) is 13.2 Å². The second-order valence-corrected chi connectivity index (χ2v) is 8.07. The zero-order valence-electron chi connectivity index (χ0n) is 17.1. The second-order valence-electron chi connectivity index (χ2n) is 7.63. The summed E-state index contributed by atoms with van der Waals surface area (Å²) in [6.07, 6.45) is 0.